The van der Waals surface area contributed by atoms with Crippen molar-refractivity contribution in [2.75, 3.05) is 20.3 Å². The summed E-state index contributed by atoms with van der Waals surface area (Å²) in [6.07, 6.45) is 3.26. The predicted octanol–water partition coefficient (Wildman–Crippen LogP) is 1.67. The third kappa shape index (κ3) is 2.71. The average Bonchev–Trinajstić information content (AvgIpc) is 2.94. The van der Waals surface area contributed by atoms with Gasteiger partial charge in [-0.25, -0.2) is 4.98 Å². The number of hydrogen-bond donors (Lipinski definition) is 1. The molecule has 2 aromatic heterocycles. The zero-order chi connectivity index (χ0) is 11.2. The van der Waals surface area contributed by atoms with Gasteiger partial charge in [0.25, 0.3) is 0 Å². The first-order chi connectivity index (χ1) is 7.90. The number of ether oxygens (including phenoxy) is 1. The molecule has 0 aromatic carbocycles. The quantitative estimate of drug-likeness (QED) is 0.753. The van der Waals surface area contributed by atoms with E-state index in [1.807, 2.05) is 12.1 Å². The van der Waals surface area contributed by atoms with Crippen LogP contribution in [0.1, 0.15) is 5.89 Å². The molecule has 0 aliphatic rings. The lowest BCUT2D eigenvalue weighted by atomic mass is 10.4. The molecule has 0 bridgehead atoms. The van der Waals surface area contributed by atoms with Gasteiger partial charge in [0.05, 0.1) is 25.6 Å². The van der Waals surface area contributed by atoms with Crippen LogP contribution in [0.4, 0.5) is 0 Å². The number of rotatable bonds is 6. The molecule has 5 heteroatoms. The third-order valence-electron chi connectivity index (χ3n) is 2.08. The third-order valence-corrected chi connectivity index (χ3v) is 2.08. The van der Waals surface area contributed by atoms with Crippen LogP contribution in [0.25, 0.3) is 11.5 Å². The van der Waals surface area contributed by atoms with Gasteiger partial charge < -0.3 is 18.9 Å². The number of oxazole rings is 1. The van der Waals surface area contributed by atoms with Crippen molar-refractivity contribution in [3.63, 3.8) is 0 Å². The van der Waals surface area contributed by atoms with Crippen molar-refractivity contribution in [2.45, 2.75) is 6.54 Å². The molecule has 0 saturated carbocycles. The zero-order valence-corrected chi connectivity index (χ0v) is 9.10. The van der Waals surface area contributed by atoms with E-state index in [1.165, 1.54) is 0 Å². The van der Waals surface area contributed by atoms with Gasteiger partial charge in [-0.05, 0) is 12.1 Å². The fourth-order valence-corrected chi connectivity index (χ4v) is 1.29. The highest BCUT2D eigenvalue weighted by Gasteiger charge is 2.07. The van der Waals surface area contributed by atoms with Crippen LogP contribution in [0.15, 0.2) is 33.4 Å². The Balaban J connectivity index is 1.88. The van der Waals surface area contributed by atoms with E-state index < -0.39 is 0 Å². The van der Waals surface area contributed by atoms with Crippen LogP contribution in [0.2, 0.25) is 0 Å². The Bertz CT molecular complexity index is 409. The monoisotopic (exact) mass is 222 g/mol. The summed E-state index contributed by atoms with van der Waals surface area (Å²) in [5, 5.41) is 3.15. The molecule has 0 unspecified atom stereocenters. The molecule has 16 heavy (non-hydrogen) atoms. The van der Waals surface area contributed by atoms with E-state index in [0.717, 1.165) is 6.54 Å². The van der Waals surface area contributed by atoms with Crippen molar-refractivity contribution in [1.29, 1.82) is 0 Å². The van der Waals surface area contributed by atoms with Crippen molar-refractivity contribution >= 4 is 0 Å². The minimum absolute atomic E-state index is 0.587. The lowest BCUT2D eigenvalue weighted by Gasteiger charge is -1.99. The first-order valence-corrected chi connectivity index (χ1v) is 5.08. The van der Waals surface area contributed by atoms with Crippen molar-refractivity contribution in [2.24, 2.45) is 0 Å². The standard InChI is InChI=1S/C11H14N2O3/c1-14-6-4-12-8-11-13-7-10(16-11)9-3-2-5-15-9/h2-3,5,7,12H,4,6,8H2,1H3. The van der Waals surface area contributed by atoms with Crippen LogP contribution in [0, 0.1) is 0 Å². The summed E-state index contributed by atoms with van der Waals surface area (Å²) in [5.41, 5.74) is 0. The maximum atomic E-state index is 5.50. The van der Waals surface area contributed by atoms with E-state index >= 15 is 0 Å². The molecule has 0 amide bonds. The number of nitrogens with zero attached hydrogens (tertiary/aromatic N) is 1. The minimum Gasteiger partial charge on any atom is -0.461 e. The van der Waals surface area contributed by atoms with Crippen molar-refractivity contribution in [3.8, 4) is 11.5 Å². The van der Waals surface area contributed by atoms with Gasteiger partial charge in [0.2, 0.25) is 5.89 Å². The fraction of sp³-hybridized carbons (Fsp3) is 0.364. The van der Waals surface area contributed by atoms with Gasteiger partial charge in [-0.1, -0.05) is 0 Å². The van der Waals surface area contributed by atoms with Gasteiger partial charge in [-0.3, -0.25) is 0 Å². The van der Waals surface area contributed by atoms with E-state index in [1.54, 1.807) is 19.6 Å². The Morgan fingerprint density at radius 3 is 3.12 bits per heavy atom. The van der Waals surface area contributed by atoms with E-state index in [2.05, 4.69) is 10.3 Å². The van der Waals surface area contributed by atoms with Gasteiger partial charge in [0, 0.05) is 13.7 Å². The zero-order valence-electron chi connectivity index (χ0n) is 9.10. The maximum absolute atomic E-state index is 5.50. The largest absolute Gasteiger partial charge is 0.461 e. The maximum Gasteiger partial charge on any atom is 0.209 e. The van der Waals surface area contributed by atoms with Crippen LogP contribution in [0.3, 0.4) is 0 Å². The van der Waals surface area contributed by atoms with Crippen LogP contribution in [0.5, 0.6) is 0 Å². The predicted molar refractivity (Wildman–Crippen MR) is 57.8 cm³/mol. The summed E-state index contributed by atoms with van der Waals surface area (Å²) in [7, 11) is 1.67. The van der Waals surface area contributed by atoms with Crippen LogP contribution < -0.4 is 5.32 Å². The molecular weight excluding hydrogens is 208 g/mol. The Morgan fingerprint density at radius 2 is 2.38 bits per heavy atom. The van der Waals surface area contributed by atoms with E-state index in [9.17, 15) is 0 Å². The highest BCUT2D eigenvalue weighted by Crippen LogP contribution is 2.20. The molecule has 86 valence electrons. The molecule has 0 radical (unpaired) electrons. The van der Waals surface area contributed by atoms with Crippen LogP contribution in [-0.4, -0.2) is 25.2 Å². The number of aromatic nitrogens is 1. The van der Waals surface area contributed by atoms with E-state index in [4.69, 9.17) is 13.6 Å². The second-order valence-electron chi connectivity index (χ2n) is 3.27. The SMILES string of the molecule is COCCNCc1ncc(-c2ccco2)o1. The summed E-state index contributed by atoms with van der Waals surface area (Å²) in [4.78, 5) is 4.14. The Hall–Kier alpha value is -1.59. The average molecular weight is 222 g/mol. The highest BCUT2D eigenvalue weighted by molar-refractivity contribution is 5.47. The second kappa shape index (κ2) is 5.48. The van der Waals surface area contributed by atoms with Crippen LogP contribution in [-0.2, 0) is 11.3 Å². The normalized spacial score (nSPS) is 10.8. The Kier molecular flexibility index (Phi) is 3.74. The molecule has 2 heterocycles. The van der Waals surface area contributed by atoms with Gasteiger partial charge in [0.15, 0.2) is 11.5 Å². The van der Waals surface area contributed by atoms with Gasteiger partial charge >= 0.3 is 0 Å². The molecule has 0 fully saturated rings. The smallest absolute Gasteiger partial charge is 0.209 e. The van der Waals surface area contributed by atoms with Gasteiger partial charge in [0.1, 0.15) is 0 Å². The van der Waals surface area contributed by atoms with E-state index in [-0.39, 0.29) is 0 Å². The lowest BCUT2D eigenvalue weighted by molar-refractivity contribution is 0.198. The first kappa shape index (κ1) is 10.9. The molecule has 0 aliphatic heterocycles. The molecule has 2 rings (SSSR count). The van der Waals surface area contributed by atoms with Crippen molar-refractivity contribution in [1.82, 2.24) is 10.3 Å². The lowest BCUT2D eigenvalue weighted by Crippen LogP contribution is -2.18. The number of nitrogens with one attached hydrogen (secondary N) is 1. The summed E-state index contributed by atoms with van der Waals surface area (Å²) in [6.45, 7) is 2.03. The Labute approximate surface area is 93.4 Å². The topological polar surface area (TPSA) is 60.4 Å². The summed E-state index contributed by atoms with van der Waals surface area (Å²) in [5.74, 6) is 1.98. The molecule has 0 atom stereocenters. The number of furan rings is 1. The summed E-state index contributed by atoms with van der Waals surface area (Å²) < 4.78 is 15.6. The molecular formula is C11H14N2O3. The molecule has 0 spiro atoms. The van der Waals surface area contributed by atoms with Crippen molar-refractivity contribution in [3.05, 3.63) is 30.5 Å². The van der Waals surface area contributed by atoms with Gasteiger partial charge in [-0.2, -0.15) is 0 Å². The van der Waals surface area contributed by atoms with E-state index in [0.29, 0.717) is 30.6 Å². The summed E-state index contributed by atoms with van der Waals surface area (Å²) >= 11 is 0. The van der Waals surface area contributed by atoms with Crippen molar-refractivity contribution < 1.29 is 13.6 Å². The highest BCUT2D eigenvalue weighted by atomic mass is 16.5. The molecule has 0 saturated heterocycles. The minimum atomic E-state index is 0.587. The number of hydrogen-bond acceptors (Lipinski definition) is 5. The fourth-order valence-electron chi connectivity index (χ4n) is 1.29. The van der Waals surface area contributed by atoms with Gasteiger partial charge in [-0.15, -0.1) is 0 Å². The molecule has 0 aliphatic carbocycles. The van der Waals surface area contributed by atoms with Crippen LogP contribution >= 0.6 is 0 Å². The number of methoxy groups -OCH3 is 1. The molecule has 5 nitrogen and oxygen atoms in total. The molecule has 1 N–H and O–H groups in total. The second-order valence-corrected chi connectivity index (χ2v) is 3.27. The Morgan fingerprint density at radius 1 is 1.44 bits per heavy atom. The summed E-state index contributed by atoms with van der Waals surface area (Å²) in [6, 6.07) is 3.65. The molecule has 2 aromatic rings. The first-order valence-electron chi connectivity index (χ1n) is 5.08.